The molecule has 1 aromatic heterocycles. The molecule has 0 fully saturated rings. The fourth-order valence-electron chi connectivity index (χ4n) is 1.38. The van der Waals surface area contributed by atoms with Crippen LogP contribution in [-0.2, 0) is 6.18 Å². The number of aromatic nitrogens is 2. The van der Waals surface area contributed by atoms with Crippen LogP contribution in [-0.4, -0.2) is 16.5 Å². The van der Waals surface area contributed by atoms with E-state index in [-0.39, 0.29) is 5.82 Å². The molecule has 0 aromatic carbocycles. The first kappa shape index (κ1) is 15.0. The highest BCUT2D eigenvalue weighted by atomic mass is 35.5. The molecule has 0 saturated heterocycles. The van der Waals surface area contributed by atoms with Gasteiger partial charge in [-0.3, -0.25) is 0 Å². The first-order valence-corrected chi connectivity index (χ1v) is 6.02. The summed E-state index contributed by atoms with van der Waals surface area (Å²) in [4.78, 5) is 6.86. The maximum Gasteiger partial charge on any atom is 0.433 e. The molecule has 0 aliphatic rings. The third-order valence-corrected chi connectivity index (χ3v) is 2.42. The van der Waals surface area contributed by atoms with Gasteiger partial charge in [-0.15, -0.1) is 0 Å². The second-order valence-corrected chi connectivity index (χ2v) is 4.71. The molecular weight excluding hydrogens is 267 g/mol. The first-order valence-electron chi connectivity index (χ1n) is 5.64. The van der Waals surface area contributed by atoms with E-state index in [1.807, 2.05) is 0 Å². The largest absolute Gasteiger partial charge is 0.433 e. The molecule has 0 saturated carbocycles. The Bertz CT molecular complexity index is 394. The molecule has 1 rings (SSSR count). The van der Waals surface area contributed by atoms with Gasteiger partial charge in [0.15, 0.2) is 5.69 Å². The summed E-state index contributed by atoms with van der Waals surface area (Å²) in [6, 6.07) is 0.862. The second kappa shape index (κ2) is 6.22. The molecule has 0 bridgehead atoms. The Morgan fingerprint density at radius 2 is 2.00 bits per heavy atom. The van der Waals surface area contributed by atoms with Gasteiger partial charge in [0.2, 0.25) is 5.28 Å². The van der Waals surface area contributed by atoms with Crippen molar-refractivity contribution in [1.82, 2.24) is 9.97 Å². The van der Waals surface area contributed by atoms with Crippen molar-refractivity contribution in [2.45, 2.75) is 32.9 Å². The van der Waals surface area contributed by atoms with Gasteiger partial charge in [-0.1, -0.05) is 13.8 Å². The molecule has 7 heteroatoms. The van der Waals surface area contributed by atoms with Crippen LogP contribution in [0.25, 0.3) is 0 Å². The lowest BCUT2D eigenvalue weighted by Gasteiger charge is -2.10. The van der Waals surface area contributed by atoms with Crippen molar-refractivity contribution in [1.29, 1.82) is 0 Å². The molecule has 0 atom stereocenters. The zero-order valence-corrected chi connectivity index (χ0v) is 10.9. The van der Waals surface area contributed by atoms with Gasteiger partial charge < -0.3 is 5.32 Å². The lowest BCUT2D eigenvalue weighted by Crippen LogP contribution is -2.12. The molecule has 3 nitrogen and oxygen atoms in total. The summed E-state index contributed by atoms with van der Waals surface area (Å²) in [5.41, 5.74) is -1.03. The summed E-state index contributed by atoms with van der Waals surface area (Å²) in [7, 11) is 0. The molecule has 0 amide bonds. The fraction of sp³-hybridized carbons (Fsp3) is 0.636. The summed E-state index contributed by atoms with van der Waals surface area (Å²) < 4.78 is 37.4. The number of rotatable bonds is 5. The maximum atomic E-state index is 12.5. The molecule has 0 unspecified atom stereocenters. The number of nitrogens with zero attached hydrogens (tertiary/aromatic N) is 2. The van der Waals surface area contributed by atoms with Crippen LogP contribution in [0.2, 0.25) is 5.28 Å². The molecule has 0 aliphatic carbocycles. The van der Waals surface area contributed by atoms with Gasteiger partial charge in [0.05, 0.1) is 0 Å². The Morgan fingerprint density at radius 1 is 1.33 bits per heavy atom. The van der Waals surface area contributed by atoms with E-state index in [0.29, 0.717) is 12.5 Å². The molecule has 1 N–H and O–H groups in total. The van der Waals surface area contributed by atoms with Crippen molar-refractivity contribution in [3.05, 3.63) is 17.0 Å². The molecule has 0 radical (unpaired) electrons. The van der Waals surface area contributed by atoms with E-state index in [0.717, 1.165) is 18.9 Å². The summed E-state index contributed by atoms with van der Waals surface area (Å²) in [5, 5.41) is 2.41. The fourth-order valence-corrected chi connectivity index (χ4v) is 1.56. The van der Waals surface area contributed by atoms with Gasteiger partial charge >= 0.3 is 6.18 Å². The average molecular weight is 282 g/mol. The number of alkyl halides is 3. The Morgan fingerprint density at radius 3 is 2.56 bits per heavy atom. The van der Waals surface area contributed by atoms with E-state index in [1.165, 1.54) is 0 Å². The Kier molecular flexibility index (Phi) is 5.19. The maximum absolute atomic E-state index is 12.5. The number of halogens is 4. The Balaban J connectivity index is 2.63. The number of anilines is 1. The minimum absolute atomic E-state index is 0.103. The highest BCUT2D eigenvalue weighted by Gasteiger charge is 2.33. The number of hydrogen-bond acceptors (Lipinski definition) is 3. The summed E-state index contributed by atoms with van der Waals surface area (Å²) in [6.07, 6.45) is -2.65. The van der Waals surface area contributed by atoms with Gasteiger partial charge in [0.25, 0.3) is 0 Å². The van der Waals surface area contributed by atoms with Crippen molar-refractivity contribution in [3.63, 3.8) is 0 Å². The van der Waals surface area contributed by atoms with Crippen LogP contribution in [0.15, 0.2) is 6.07 Å². The Hall–Kier alpha value is -1.04. The zero-order chi connectivity index (χ0) is 13.8. The lowest BCUT2D eigenvalue weighted by molar-refractivity contribution is -0.141. The molecule has 0 aliphatic heterocycles. The predicted octanol–water partition coefficient (Wildman–Crippen LogP) is 4.00. The van der Waals surface area contributed by atoms with E-state index in [9.17, 15) is 13.2 Å². The van der Waals surface area contributed by atoms with Crippen molar-refractivity contribution >= 4 is 17.4 Å². The molecule has 1 aromatic rings. The SMILES string of the molecule is CC(C)CCCNc1cc(C(F)(F)F)nc(Cl)n1. The van der Waals surface area contributed by atoms with E-state index in [1.54, 1.807) is 0 Å². The second-order valence-electron chi connectivity index (χ2n) is 4.37. The van der Waals surface area contributed by atoms with Gasteiger partial charge in [-0.2, -0.15) is 13.2 Å². The van der Waals surface area contributed by atoms with Crippen LogP contribution in [0.5, 0.6) is 0 Å². The predicted molar refractivity (Wildman–Crippen MR) is 64.6 cm³/mol. The van der Waals surface area contributed by atoms with Crippen LogP contribution < -0.4 is 5.32 Å². The quantitative estimate of drug-likeness (QED) is 0.655. The summed E-state index contributed by atoms with van der Waals surface area (Å²) in [6.45, 7) is 4.73. The van der Waals surface area contributed by atoms with Crippen molar-refractivity contribution in [2.75, 3.05) is 11.9 Å². The standard InChI is InChI=1S/C11H15ClF3N3/c1-7(2)4-3-5-16-9-6-8(11(13,14)15)17-10(12)18-9/h6-7H,3-5H2,1-2H3,(H,16,17,18). The van der Waals surface area contributed by atoms with Crippen molar-refractivity contribution < 1.29 is 13.2 Å². The topological polar surface area (TPSA) is 37.8 Å². The zero-order valence-electron chi connectivity index (χ0n) is 10.2. The van der Waals surface area contributed by atoms with E-state index >= 15 is 0 Å². The van der Waals surface area contributed by atoms with Crippen molar-refractivity contribution in [2.24, 2.45) is 5.92 Å². The molecule has 102 valence electrons. The highest BCUT2D eigenvalue weighted by Crippen LogP contribution is 2.29. The van der Waals surface area contributed by atoms with E-state index in [2.05, 4.69) is 29.1 Å². The summed E-state index contributed by atoms with van der Waals surface area (Å²) in [5.74, 6) is 0.664. The molecular formula is C11H15ClF3N3. The van der Waals surface area contributed by atoms with E-state index in [4.69, 9.17) is 11.6 Å². The van der Waals surface area contributed by atoms with E-state index < -0.39 is 17.2 Å². The average Bonchev–Trinajstić information content (AvgIpc) is 2.22. The van der Waals surface area contributed by atoms with Crippen LogP contribution >= 0.6 is 11.6 Å². The third-order valence-electron chi connectivity index (χ3n) is 2.25. The minimum Gasteiger partial charge on any atom is -0.370 e. The van der Waals surface area contributed by atoms with Gasteiger partial charge in [0.1, 0.15) is 5.82 Å². The molecule has 1 heterocycles. The van der Waals surface area contributed by atoms with Crippen LogP contribution in [0, 0.1) is 5.92 Å². The van der Waals surface area contributed by atoms with Gasteiger partial charge in [-0.05, 0) is 30.4 Å². The monoisotopic (exact) mass is 281 g/mol. The highest BCUT2D eigenvalue weighted by molar-refractivity contribution is 6.28. The van der Waals surface area contributed by atoms with Crippen LogP contribution in [0.3, 0.4) is 0 Å². The lowest BCUT2D eigenvalue weighted by atomic mass is 10.1. The Labute approximate surface area is 109 Å². The molecule has 18 heavy (non-hydrogen) atoms. The summed E-state index contributed by atoms with van der Waals surface area (Å²) >= 11 is 5.46. The van der Waals surface area contributed by atoms with Crippen LogP contribution in [0.1, 0.15) is 32.4 Å². The first-order chi connectivity index (χ1) is 8.29. The van der Waals surface area contributed by atoms with Gasteiger partial charge in [0, 0.05) is 12.6 Å². The number of hydrogen-bond donors (Lipinski definition) is 1. The number of nitrogens with one attached hydrogen (secondary N) is 1. The van der Waals surface area contributed by atoms with Crippen molar-refractivity contribution in [3.8, 4) is 0 Å². The van der Waals surface area contributed by atoms with Crippen LogP contribution in [0.4, 0.5) is 19.0 Å². The molecule has 0 spiro atoms. The normalized spacial score (nSPS) is 11.9. The smallest absolute Gasteiger partial charge is 0.370 e. The minimum atomic E-state index is -4.51. The van der Waals surface area contributed by atoms with Gasteiger partial charge in [-0.25, -0.2) is 9.97 Å². The third kappa shape index (κ3) is 5.08.